The molecule has 0 bridgehead atoms. The third-order valence-electron chi connectivity index (χ3n) is 4.66. The van der Waals surface area contributed by atoms with Gasteiger partial charge in [0.15, 0.2) is 0 Å². The van der Waals surface area contributed by atoms with Crippen LogP contribution >= 0.6 is 11.3 Å². The van der Waals surface area contributed by atoms with Crippen LogP contribution in [0.1, 0.15) is 45.2 Å². The Bertz CT molecular complexity index is 960. The van der Waals surface area contributed by atoms with Gasteiger partial charge in [0.2, 0.25) is 0 Å². The molecule has 5 nitrogen and oxygen atoms in total. The molecule has 1 aliphatic rings. The van der Waals surface area contributed by atoms with Crippen molar-refractivity contribution in [3.05, 3.63) is 64.8 Å². The third-order valence-corrected chi connectivity index (χ3v) is 5.60. The van der Waals surface area contributed by atoms with Crippen LogP contribution in [0.25, 0.3) is 10.1 Å². The second-order valence-electron chi connectivity index (χ2n) is 6.27. The summed E-state index contributed by atoms with van der Waals surface area (Å²) >= 11 is 1.52. The standard InChI is InChI=1S/C19H16N2O3S/c22-18(16-17-11(4-6-20-16)5-7-25-17)21-15-9-14(10-15)12-2-1-3-13(8-12)19(23)24/h1-8,14-15H,9-10H2,(H,21,22)(H,23,24). The number of aromatic nitrogens is 1. The molecule has 1 aromatic carbocycles. The minimum Gasteiger partial charge on any atom is -0.478 e. The predicted molar refractivity (Wildman–Crippen MR) is 96.3 cm³/mol. The highest BCUT2D eigenvalue weighted by Crippen LogP contribution is 2.37. The van der Waals surface area contributed by atoms with Crippen LogP contribution in [0.3, 0.4) is 0 Å². The fourth-order valence-corrected chi connectivity index (χ4v) is 4.12. The summed E-state index contributed by atoms with van der Waals surface area (Å²) in [6.07, 6.45) is 3.29. The average Bonchev–Trinajstić information content (AvgIpc) is 3.06. The van der Waals surface area contributed by atoms with Gasteiger partial charge in [0.1, 0.15) is 5.69 Å². The number of benzene rings is 1. The Kier molecular flexibility index (Phi) is 3.97. The number of pyridine rings is 1. The first-order valence-corrected chi connectivity index (χ1v) is 8.96. The molecule has 0 atom stereocenters. The van der Waals surface area contributed by atoms with Crippen molar-refractivity contribution in [2.45, 2.75) is 24.8 Å². The molecule has 0 radical (unpaired) electrons. The van der Waals surface area contributed by atoms with Crippen molar-refractivity contribution in [2.24, 2.45) is 0 Å². The van der Waals surface area contributed by atoms with E-state index < -0.39 is 5.97 Å². The maximum absolute atomic E-state index is 12.5. The molecular formula is C19H16N2O3S. The fourth-order valence-electron chi connectivity index (χ4n) is 3.24. The number of hydrogen-bond donors (Lipinski definition) is 2. The number of amides is 1. The molecule has 25 heavy (non-hydrogen) atoms. The molecule has 1 amide bonds. The van der Waals surface area contributed by atoms with Gasteiger partial charge in [0.05, 0.1) is 10.3 Å². The van der Waals surface area contributed by atoms with Crippen LogP contribution in [0.15, 0.2) is 48.0 Å². The molecule has 1 saturated carbocycles. The van der Waals surface area contributed by atoms with Gasteiger partial charge < -0.3 is 10.4 Å². The smallest absolute Gasteiger partial charge is 0.335 e. The number of hydrogen-bond acceptors (Lipinski definition) is 4. The Morgan fingerprint density at radius 2 is 2.04 bits per heavy atom. The van der Waals surface area contributed by atoms with Crippen molar-refractivity contribution < 1.29 is 14.7 Å². The molecule has 126 valence electrons. The first kappa shape index (κ1) is 15.8. The third kappa shape index (κ3) is 3.00. The minimum atomic E-state index is -0.916. The molecule has 0 aliphatic heterocycles. The lowest BCUT2D eigenvalue weighted by molar-refractivity contribution is 0.0696. The predicted octanol–water partition coefficient (Wildman–Crippen LogP) is 3.67. The van der Waals surface area contributed by atoms with Crippen molar-refractivity contribution in [1.29, 1.82) is 0 Å². The first-order chi connectivity index (χ1) is 12.1. The van der Waals surface area contributed by atoms with Crippen LogP contribution in [0, 0.1) is 0 Å². The lowest BCUT2D eigenvalue weighted by atomic mass is 9.75. The maximum Gasteiger partial charge on any atom is 0.335 e. The zero-order valence-electron chi connectivity index (χ0n) is 13.3. The number of nitrogens with zero attached hydrogens (tertiary/aromatic N) is 1. The van der Waals surface area contributed by atoms with Gasteiger partial charge in [-0.15, -0.1) is 11.3 Å². The fraction of sp³-hybridized carbons (Fsp3) is 0.211. The Morgan fingerprint density at radius 1 is 1.20 bits per heavy atom. The number of rotatable bonds is 4. The van der Waals surface area contributed by atoms with Gasteiger partial charge in [-0.3, -0.25) is 4.79 Å². The van der Waals surface area contributed by atoms with Gasteiger partial charge in [-0.1, -0.05) is 12.1 Å². The molecule has 0 unspecified atom stereocenters. The van der Waals surface area contributed by atoms with Gasteiger partial charge in [-0.05, 0) is 59.4 Å². The van der Waals surface area contributed by atoms with E-state index in [9.17, 15) is 9.59 Å². The summed E-state index contributed by atoms with van der Waals surface area (Å²) in [7, 11) is 0. The molecule has 0 saturated heterocycles. The first-order valence-electron chi connectivity index (χ1n) is 8.08. The molecule has 1 aliphatic carbocycles. The van der Waals surface area contributed by atoms with Crippen LogP contribution in [-0.2, 0) is 0 Å². The van der Waals surface area contributed by atoms with E-state index in [4.69, 9.17) is 5.11 Å². The van der Waals surface area contributed by atoms with Crippen LogP contribution in [0.4, 0.5) is 0 Å². The number of fused-ring (bicyclic) bond motifs is 1. The van der Waals surface area contributed by atoms with E-state index in [1.54, 1.807) is 24.4 Å². The second-order valence-corrected chi connectivity index (χ2v) is 7.18. The van der Waals surface area contributed by atoms with E-state index in [0.717, 1.165) is 28.5 Å². The summed E-state index contributed by atoms with van der Waals surface area (Å²) in [4.78, 5) is 27.8. The Hall–Kier alpha value is -2.73. The topological polar surface area (TPSA) is 79.3 Å². The molecule has 0 spiro atoms. The monoisotopic (exact) mass is 352 g/mol. The molecular weight excluding hydrogens is 336 g/mol. The average molecular weight is 352 g/mol. The molecule has 2 aromatic heterocycles. The zero-order valence-corrected chi connectivity index (χ0v) is 14.1. The Labute approximate surface area is 148 Å². The van der Waals surface area contributed by atoms with Crippen molar-refractivity contribution in [2.75, 3.05) is 0 Å². The number of carboxylic acids is 1. The van der Waals surface area contributed by atoms with Crippen molar-refractivity contribution in [1.82, 2.24) is 10.3 Å². The summed E-state index contributed by atoms with van der Waals surface area (Å²) in [5.74, 6) is -0.771. The number of carbonyl (C=O) groups excluding carboxylic acids is 1. The number of carbonyl (C=O) groups is 2. The lowest BCUT2D eigenvalue weighted by Gasteiger charge is -2.36. The molecule has 3 aromatic rings. The largest absolute Gasteiger partial charge is 0.478 e. The molecule has 2 heterocycles. The van der Waals surface area contributed by atoms with Crippen molar-refractivity contribution in [3.8, 4) is 0 Å². The van der Waals surface area contributed by atoms with Crippen molar-refractivity contribution in [3.63, 3.8) is 0 Å². The lowest BCUT2D eigenvalue weighted by Crippen LogP contribution is -2.43. The van der Waals surface area contributed by atoms with Crippen LogP contribution in [-0.4, -0.2) is 28.0 Å². The van der Waals surface area contributed by atoms with Crippen LogP contribution < -0.4 is 5.32 Å². The molecule has 2 N–H and O–H groups in total. The highest BCUT2D eigenvalue weighted by molar-refractivity contribution is 7.17. The van der Waals surface area contributed by atoms with E-state index in [1.807, 2.05) is 23.6 Å². The maximum atomic E-state index is 12.5. The van der Waals surface area contributed by atoms with Crippen LogP contribution in [0.2, 0.25) is 0 Å². The molecule has 6 heteroatoms. The quantitative estimate of drug-likeness (QED) is 0.751. The summed E-state index contributed by atoms with van der Waals surface area (Å²) in [6.45, 7) is 0. The Morgan fingerprint density at radius 3 is 2.84 bits per heavy atom. The van der Waals surface area contributed by atoms with Gasteiger partial charge in [-0.25, -0.2) is 9.78 Å². The molecule has 1 fully saturated rings. The number of aromatic carboxylic acids is 1. The normalized spacial score (nSPS) is 19.4. The SMILES string of the molecule is O=C(O)c1cccc(C2CC(NC(=O)c3nccc4ccsc34)C2)c1. The summed E-state index contributed by atoms with van der Waals surface area (Å²) in [5.41, 5.74) is 1.80. The van der Waals surface area contributed by atoms with Gasteiger partial charge in [0, 0.05) is 12.2 Å². The van der Waals surface area contributed by atoms with Crippen molar-refractivity contribution >= 4 is 33.3 Å². The number of nitrogens with one attached hydrogen (secondary N) is 1. The summed E-state index contributed by atoms with van der Waals surface area (Å²) < 4.78 is 0.907. The number of thiophene rings is 1. The highest BCUT2D eigenvalue weighted by atomic mass is 32.1. The van der Waals surface area contributed by atoms with E-state index in [-0.39, 0.29) is 17.9 Å². The van der Waals surface area contributed by atoms with Crippen LogP contribution in [0.5, 0.6) is 0 Å². The Balaban J connectivity index is 1.41. The number of carboxylic acid groups (broad SMARTS) is 1. The van der Waals surface area contributed by atoms with Gasteiger partial charge >= 0.3 is 5.97 Å². The van der Waals surface area contributed by atoms with Gasteiger partial charge in [-0.2, -0.15) is 0 Å². The van der Waals surface area contributed by atoms with E-state index in [1.165, 1.54) is 11.3 Å². The zero-order chi connectivity index (χ0) is 17.4. The minimum absolute atomic E-state index is 0.100. The molecule has 4 rings (SSSR count). The summed E-state index contributed by atoms with van der Waals surface area (Å²) in [5, 5.41) is 15.1. The highest BCUT2D eigenvalue weighted by Gasteiger charge is 2.32. The van der Waals surface area contributed by atoms with E-state index in [2.05, 4.69) is 10.3 Å². The summed E-state index contributed by atoms with van der Waals surface area (Å²) in [6, 6.07) is 11.0. The van der Waals surface area contributed by atoms with Gasteiger partial charge in [0.25, 0.3) is 5.91 Å². The second kappa shape index (κ2) is 6.29. The van der Waals surface area contributed by atoms with E-state index >= 15 is 0 Å². The van der Waals surface area contributed by atoms with E-state index in [0.29, 0.717) is 11.3 Å².